The molecule has 0 bridgehead atoms. The molecule has 3 amide bonds. The van der Waals surface area contributed by atoms with E-state index in [1.807, 2.05) is 0 Å². The largest absolute Gasteiger partial charge is 0.472 e. The Morgan fingerprint density at radius 3 is 1.19 bits per heavy atom. The van der Waals surface area contributed by atoms with Crippen LogP contribution in [-0.4, -0.2) is 336 Å². The van der Waals surface area contributed by atoms with Crippen LogP contribution in [0.5, 0.6) is 0 Å². The van der Waals surface area contributed by atoms with Gasteiger partial charge in [0.25, 0.3) is 0 Å². The summed E-state index contributed by atoms with van der Waals surface area (Å²) < 4.78 is 168. The first kappa shape index (κ1) is 105. The van der Waals surface area contributed by atoms with Crippen LogP contribution in [0.1, 0.15) is 137 Å². The number of phosphoric acid groups is 5. The number of rotatable bonds is 67. The maximum Gasteiger partial charge on any atom is 0.472 e. The highest BCUT2D eigenvalue weighted by Crippen LogP contribution is 2.49. The molecule has 18 N–H and O–H groups in total. The summed E-state index contributed by atoms with van der Waals surface area (Å²) in [5.74, 6) is -1.52. The van der Waals surface area contributed by atoms with Gasteiger partial charge in [0.1, 0.15) is 73.1 Å². The van der Waals surface area contributed by atoms with Gasteiger partial charge in [0, 0.05) is 66.8 Å². The van der Waals surface area contributed by atoms with Crippen molar-refractivity contribution in [3.05, 3.63) is 0 Å². The summed E-state index contributed by atoms with van der Waals surface area (Å²) in [4.78, 5) is 96.6. The Balaban J connectivity index is 1.65. The topological polar surface area (TPSA) is 651 Å². The number of aliphatic hydroxyl groups excluding tert-OH is 9. The molecular formula is C63H124N3O42P5. The van der Waals surface area contributed by atoms with E-state index in [2.05, 4.69) is 16.0 Å². The van der Waals surface area contributed by atoms with Gasteiger partial charge in [-0.2, -0.15) is 0 Å². The molecule has 0 aromatic carbocycles. The Bertz CT molecular complexity index is 2770. The molecule has 0 aliphatic carbocycles. The molecule has 0 radical (unpaired) electrons. The standard InChI is InChI=1S/C63H124N3O42P5/c1-43-33-49(108-109(79,80)81)53(104-43)38-102-113(88,89)103-42-63(39-90-21-18-30-99-110(82,83)96-27-15-9-6-12-24-93-60(48(34-67)64-45(3)72)105-50(35-68)44(2)71,40-91-22-19-31-100-111(84,85)97-28-16-10-7-13-25-94-61-54(65-46(4)73)58(77)56(75)51(36-69)106-61)41-92-23-20-32-101-112(86,87)98-29-17-11-8-14-26-95-62-55(66-47(5)74)59(78)57(76)52(37-70)107-62/h43-44,48-62,67-71,75-78H,6-42H2,1-5H3,(H,64,72)(H,65,73)(H,66,74)(H,82,83)(H,84,85)(H,86,87)(H,88,89)(H2,79,80,81)/t43-,44+,48-,49?,50?,51?,52?,53+,54-,55-,56-,57-,58?,59?,60+,61+,62+,63?/m0/s1. The first-order chi connectivity index (χ1) is 53.3. The second-order valence-electron chi connectivity index (χ2n) is 27.2. The molecule has 668 valence electrons. The van der Waals surface area contributed by atoms with Gasteiger partial charge in [-0.05, 0) is 71.6 Å². The zero-order valence-electron chi connectivity index (χ0n) is 64.4. The number of hydrogen-bond donors (Lipinski definition) is 18. The number of aliphatic hydroxyl groups is 9. The van der Waals surface area contributed by atoms with Crippen LogP contribution >= 0.6 is 39.1 Å². The summed E-state index contributed by atoms with van der Waals surface area (Å²) in [5.41, 5.74) is -1.62. The molecule has 0 aromatic heterocycles. The van der Waals surface area contributed by atoms with Crippen molar-refractivity contribution in [1.29, 1.82) is 0 Å². The van der Waals surface area contributed by atoms with Crippen molar-refractivity contribution in [3.63, 3.8) is 0 Å². The summed E-state index contributed by atoms with van der Waals surface area (Å²) in [5, 5.41) is 97.5. The molecule has 10 unspecified atom stereocenters. The molecule has 21 atom stereocenters. The van der Waals surface area contributed by atoms with Crippen molar-refractivity contribution < 1.29 is 201 Å². The number of amides is 3. The smallest absolute Gasteiger partial charge is 0.394 e. The van der Waals surface area contributed by atoms with Gasteiger partial charge in [-0.25, -0.2) is 22.8 Å². The Hall–Kier alpha value is -1.80. The highest BCUT2D eigenvalue weighted by Gasteiger charge is 2.48. The number of unbranched alkanes of at least 4 members (excludes halogenated alkanes) is 9. The van der Waals surface area contributed by atoms with E-state index < -0.39 is 246 Å². The van der Waals surface area contributed by atoms with Crippen LogP contribution in [0.4, 0.5) is 0 Å². The van der Waals surface area contributed by atoms with Gasteiger partial charge in [-0.15, -0.1) is 0 Å². The van der Waals surface area contributed by atoms with Crippen LogP contribution < -0.4 is 16.0 Å². The van der Waals surface area contributed by atoms with Crippen LogP contribution in [0, 0.1) is 5.41 Å². The van der Waals surface area contributed by atoms with Crippen molar-refractivity contribution in [1.82, 2.24) is 16.0 Å². The second-order valence-corrected chi connectivity index (χ2v) is 34.2. The van der Waals surface area contributed by atoms with Crippen molar-refractivity contribution >= 4 is 56.8 Å². The molecule has 3 fully saturated rings. The third kappa shape index (κ3) is 45.1. The van der Waals surface area contributed by atoms with E-state index in [9.17, 15) is 113 Å². The Labute approximate surface area is 656 Å². The molecule has 3 saturated heterocycles. The van der Waals surface area contributed by atoms with E-state index in [0.29, 0.717) is 77.0 Å². The van der Waals surface area contributed by atoms with E-state index in [4.69, 9.17) is 88.1 Å². The Morgan fingerprint density at radius 2 is 0.841 bits per heavy atom. The SMILES string of the molecule is CC(=O)N[C@@H](CO)[C@H](OCCCCCCOP(=O)(O)OCCCOCC(COCCCOP(=O)(O)OCCCCCCO[C@@H]1OC(CO)[C@H](O)C(O)[C@@H]1NC(C)=O)(COCCCOP(=O)(O)OCCCCCCO[C@@H]1OC(CO)[C@H](O)C(O)[C@@H]1NC(C)=O)COP(=O)(O)OC[C@H]1O[C@@H](C)CC1OP(=O)(O)O)OC(CO)[C@@H](C)O. The third-order valence-electron chi connectivity index (χ3n) is 17.0. The fourth-order valence-corrected chi connectivity index (χ4v) is 15.1. The highest BCUT2D eigenvalue weighted by atomic mass is 31.2. The monoisotopic (exact) mass is 1750 g/mol. The maximum atomic E-state index is 13.6. The number of phosphoric ester groups is 5. The predicted molar refractivity (Wildman–Crippen MR) is 388 cm³/mol. The van der Waals surface area contributed by atoms with Crippen LogP contribution in [0.25, 0.3) is 0 Å². The van der Waals surface area contributed by atoms with Gasteiger partial charge in [0.15, 0.2) is 18.9 Å². The maximum absolute atomic E-state index is 13.6. The normalized spacial score (nSPS) is 26.7. The van der Waals surface area contributed by atoms with E-state index in [-0.39, 0.29) is 85.1 Å². The predicted octanol–water partition coefficient (Wildman–Crippen LogP) is -0.418. The van der Waals surface area contributed by atoms with Crippen LogP contribution in [-0.2, 0) is 125 Å². The summed E-state index contributed by atoms with van der Waals surface area (Å²) in [6, 6.07) is -3.26. The van der Waals surface area contributed by atoms with Gasteiger partial charge >= 0.3 is 39.1 Å². The van der Waals surface area contributed by atoms with Crippen LogP contribution in [0.2, 0.25) is 0 Å². The van der Waals surface area contributed by atoms with Gasteiger partial charge in [-0.1, -0.05) is 38.5 Å². The average molecular weight is 1750 g/mol. The number of carbonyl (C=O) groups is 3. The third-order valence-corrected chi connectivity index (χ3v) is 21.6. The van der Waals surface area contributed by atoms with Crippen molar-refractivity contribution in [2.75, 3.05) is 139 Å². The van der Waals surface area contributed by atoms with Crippen molar-refractivity contribution in [3.8, 4) is 0 Å². The summed E-state index contributed by atoms with van der Waals surface area (Å²) >= 11 is 0. The van der Waals surface area contributed by atoms with Crippen molar-refractivity contribution in [2.45, 2.75) is 241 Å². The lowest BCUT2D eigenvalue weighted by atomic mass is 9.92. The van der Waals surface area contributed by atoms with Gasteiger partial charge < -0.3 is 139 Å². The first-order valence-electron chi connectivity index (χ1n) is 37.4. The molecule has 3 heterocycles. The van der Waals surface area contributed by atoms with Crippen LogP contribution in [0.15, 0.2) is 0 Å². The second kappa shape index (κ2) is 56.0. The van der Waals surface area contributed by atoms with E-state index in [1.54, 1.807) is 6.92 Å². The first-order valence-corrected chi connectivity index (χ1v) is 44.9. The molecule has 0 spiro atoms. The molecule has 0 aromatic rings. The van der Waals surface area contributed by atoms with E-state index in [0.717, 1.165) is 0 Å². The minimum absolute atomic E-state index is 0.0220. The number of hydrogen-bond acceptors (Lipinski definition) is 36. The lowest BCUT2D eigenvalue weighted by Crippen LogP contribution is -2.64. The summed E-state index contributed by atoms with van der Waals surface area (Å²) in [7, 11) is -24.1. The summed E-state index contributed by atoms with van der Waals surface area (Å²) in [6.45, 7) is -0.934. The van der Waals surface area contributed by atoms with Crippen LogP contribution in [0.3, 0.4) is 0 Å². The Morgan fingerprint density at radius 1 is 0.460 bits per heavy atom. The molecular weight excluding hydrogens is 1630 g/mol. The molecule has 3 aliphatic rings. The van der Waals surface area contributed by atoms with Gasteiger partial charge in [-0.3, -0.25) is 55.1 Å². The quantitative estimate of drug-likeness (QED) is 0.0209. The lowest BCUT2D eigenvalue weighted by Gasteiger charge is -2.42. The van der Waals surface area contributed by atoms with Gasteiger partial charge in [0.2, 0.25) is 17.7 Å². The van der Waals surface area contributed by atoms with E-state index in [1.165, 1.54) is 27.7 Å². The molecule has 0 saturated carbocycles. The average Bonchev–Trinajstić information content (AvgIpc) is 1.38. The molecule has 113 heavy (non-hydrogen) atoms. The molecule has 3 rings (SSSR count). The molecule has 50 heteroatoms. The number of nitrogens with one attached hydrogen (secondary N) is 3. The molecule has 45 nitrogen and oxygen atoms in total. The fraction of sp³-hybridized carbons (Fsp3) is 0.952. The Kier molecular flexibility index (Phi) is 52.2. The minimum atomic E-state index is -5.16. The fourth-order valence-electron chi connectivity index (χ4n) is 11.3. The summed E-state index contributed by atoms with van der Waals surface area (Å²) in [6.07, 6.45) is -12.1. The lowest BCUT2D eigenvalue weighted by molar-refractivity contribution is -0.270. The zero-order chi connectivity index (χ0) is 84.3. The zero-order valence-corrected chi connectivity index (χ0v) is 68.9. The number of carbonyl (C=O) groups excluding carboxylic acids is 3. The van der Waals surface area contributed by atoms with E-state index >= 15 is 0 Å². The van der Waals surface area contributed by atoms with Gasteiger partial charge in [0.05, 0.1) is 117 Å². The molecule has 3 aliphatic heterocycles. The number of ether oxygens (including phenoxy) is 10. The minimum Gasteiger partial charge on any atom is -0.394 e. The highest BCUT2D eigenvalue weighted by molar-refractivity contribution is 7.48. The van der Waals surface area contributed by atoms with Crippen molar-refractivity contribution in [2.24, 2.45) is 5.41 Å².